The minimum atomic E-state index is -0.648. The van der Waals surface area contributed by atoms with Gasteiger partial charge in [0.15, 0.2) is 0 Å². The topological polar surface area (TPSA) is 37.3 Å². The fourth-order valence-corrected chi connectivity index (χ4v) is 8.63. The third-order valence-electron chi connectivity index (χ3n) is 12.7. The number of rotatable bonds is 50. The Balaban J connectivity index is 0. The molecule has 0 aromatic rings. The van der Waals surface area contributed by atoms with Crippen molar-refractivity contribution in [3.05, 3.63) is 0 Å². The van der Waals surface area contributed by atoms with Crippen LogP contribution in [0.4, 0.5) is 0 Å². The molecule has 0 amide bonds. The third-order valence-corrected chi connectivity index (χ3v) is 12.7. The van der Waals surface area contributed by atoms with Crippen LogP contribution in [0.3, 0.4) is 0 Å². The van der Waals surface area contributed by atoms with Gasteiger partial charge < -0.3 is 5.11 Å². The summed E-state index contributed by atoms with van der Waals surface area (Å²) < 4.78 is 0. The Kier molecular flexibility index (Phi) is 59.1. The lowest BCUT2D eigenvalue weighted by atomic mass is 10.0. The number of unbranched alkanes of at least 4 members (excludes halogenated alkanes) is 48. The van der Waals surface area contributed by atoms with Crippen LogP contribution in [0.2, 0.25) is 0 Å². The van der Waals surface area contributed by atoms with E-state index >= 15 is 0 Å². The van der Waals surface area contributed by atoms with Crippen molar-refractivity contribution in [3.8, 4) is 0 Å². The van der Waals surface area contributed by atoms with Crippen molar-refractivity contribution in [2.24, 2.45) is 0 Å². The highest BCUT2D eigenvalue weighted by Gasteiger charge is 1.99. The minimum absolute atomic E-state index is 0.347. The monoisotopic (exact) mass is 805 g/mol. The van der Waals surface area contributed by atoms with E-state index in [0.717, 1.165) is 12.8 Å². The Morgan fingerprint density at radius 1 is 0.211 bits per heavy atom. The molecular formula is C55H112O2. The zero-order valence-corrected chi connectivity index (χ0v) is 40.4. The summed E-state index contributed by atoms with van der Waals surface area (Å²) in [6, 6.07) is 0. The van der Waals surface area contributed by atoms with E-state index < -0.39 is 5.97 Å². The summed E-state index contributed by atoms with van der Waals surface area (Å²) in [5, 5.41) is 8.62. The van der Waals surface area contributed by atoms with Crippen LogP contribution in [0.1, 0.15) is 348 Å². The zero-order chi connectivity index (χ0) is 41.6. The zero-order valence-electron chi connectivity index (χ0n) is 40.4. The molecule has 0 rings (SSSR count). The number of carbonyl (C=O) groups is 1. The van der Waals surface area contributed by atoms with Gasteiger partial charge in [-0.1, -0.05) is 335 Å². The van der Waals surface area contributed by atoms with Gasteiger partial charge in [0.25, 0.3) is 0 Å². The van der Waals surface area contributed by atoms with Gasteiger partial charge in [-0.05, 0) is 6.42 Å². The van der Waals surface area contributed by atoms with Gasteiger partial charge in [-0.25, -0.2) is 0 Å². The summed E-state index contributed by atoms with van der Waals surface area (Å²) in [5.41, 5.74) is 0. The molecule has 1 N–H and O–H groups in total. The van der Waals surface area contributed by atoms with E-state index in [1.165, 1.54) is 308 Å². The maximum absolute atomic E-state index is 10.5. The molecule has 2 heteroatoms. The minimum Gasteiger partial charge on any atom is -0.481 e. The third kappa shape index (κ3) is 62.3. The van der Waals surface area contributed by atoms with Crippen molar-refractivity contribution in [1.82, 2.24) is 0 Å². The van der Waals surface area contributed by atoms with Gasteiger partial charge in [-0.15, -0.1) is 0 Å². The second-order valence-electron chi connectivity index (χ2n) is 18.8. The molecule has 0 bridgehead atoms. The van der Waals surface area contributed by atoms with E-state index in [4.69, 9.17) is 5.11 Å². The molecule has 0 heterocycles. The predicted octanol–water partition coefficient (Wildman–Crippen LogP) is 21.0. The van der Waals surface area contributed by atoms with E-state index in [9.17, 15) is 4.79 Å². The first kappa shape index (κ1) is 58.6. The summed E-state index contributed by atoms with van der Waals surface area (Å²) in [6.07, 6.45) is 71.8. The average molecular weight is 805 g/mol. The van der Waals surface area contributed by atoms with Gasteiger partial charge in [0.05, 0.1) is 0 Å². The van der Waals surface area contributed by atoms with Gasteiger partial charge in [-0.2, -0.15) is 0 Å². The molecule has 344 valence electrons. The molecule has 0 aromatic carbocycles. The van der Waals surface area contributed by atoms with Gasteiger partial charge in [0.1, 0.15) is 0 Å². The first-order chi connectivity index (χ1) is 28.2. The van der Waals surface area contributed by atoms with Crippen molar-refractivity contribution >= 4 is 5.97 Å². The van der Waals surface area contributed by atoms with Crippen LogP contribution in [0.5, 0.6) is 0 Å². The van der Waals surface area contributed by atoms with Gasteiger partial charge in [0, 0.05) is 6.42 Å². The SMILES string of the molecule is CCCCCCCCCCCCCCCCCCCCC.CCCCCCCCCCCCCCCCCCCCCCCCCCCCCCCCCC(=O)O. The first-order valence-electron chi connectivity index (χ1n) is 27.4. The molecule has 0 aromatic heterocycles. The lowest BCUT2D eigenvalue weighted by Crippen LogP contribution is -1.93. The van der Waals surface area contributed by atoms with E-state index in [1.54, 1.807) is 0 Å². The van der Waals surface area contributed by atoms with Crippen molar-refractivity contribution in [3.63, 3.8) is 0 Å². The molecule has 0 saturated heterocycles. The molecule has 2 nitrogen and oxygen atoms in total. The molecule has 0 unspecified atom stereocenters. The highest BCUT2D eigenvalue weighted by molar-refractivity contribution is 5.66. The molecule has 57 heavy (non-hydrogen) atoms. The Morgan fingerprint density at radius 3 is 0.421 bits per heavy atom. The average Bonchev–Trinajstić information content (AvgIpc) is 3.21. The van der Waals surface area contributed by atoms with Crippen LogP contribution in [-0.4, -0.2) is 11.1 Å². The summed E-state index contributed by atoms with van der Waals surface area (Å²) in [5.74, 6) is -0.648. The van der Waals surface area contributed by atoms with Crippen LogP contribution in [-0.2, 0) is 4.79 Å². The first-order valence-corrected chi connectivity index (χ1v) is 27.4. The van der Waals surface area contributed by atoms with Crippen molar-refractivity contribution in [2.45, 2.75) is 348 Å². The summed E-state index contributed by atoms with van der Waals surface area (Å²) in [7, 11) is 0. The normalized spacial score (nSPS) is 11.3. The lowest BCUT2D eigenvalue weighted by Gasteiger charge is -2.04. The number of hydrogen-bond donors (Lipinski definition) is 1. The molecule has 0 fully saturated rings. The van der Waals surface area contributed by atoms with Crippen LogP contribution < -0.4 is 0 Å². The number of carboxylic acids is 1. The smallest absolute Gasteiger partial charge is 0.303 e. The lowest BCUT2D eigenvalue weighted by molar-refractivity contribution is -0.137. The van der Waals surface area contributed by atoms with E-state index in [0.29, 0.717) is 6.42 Å². The highest BCUT2D eigenvalue weighted by Crippen LogP contribution is 2.18. The highest BCUT2D eigenvalue weighted by atomic mass is 16.4. The van der Waals surface area contributed by atoms with Crippen LogP contribution in [0, 0.1) is 0 Å². The van der Waals surface area contributed by atoms with E-state index in [-0.39, 0.29) is 0 Å². The largest absolute Gasteiger partial charge is 0.481 e. The Bertz CT molecular complexity index is 655. The number of hydrogen-bond acceptors (Lipinski definition) is 1. The predicted molar refractivity (Wildman–Crippen MR) is 260 cm³/mol. The van der Waals surface area contributed by atoms with E-state index in [2.05, 4.69) is 20.8 Å². The Labute approximate surface area is 362 Å². The fraction of sp³-hybridized carbons (Fsp3) is 0.982. The van der Waals surface area contributed by atoms with Gasteiger partial charge in [-0.3, -0.25) is 4.79 Å². The Hall–Kier alpha value is -0.530. The molecule has 0 atom stereocenters. The van der Waals surface area contributed by atoms with Crippen molar-refractivity contribution in [1.29, 1.82) is 0 Å². The van der Waals surface area contributed by atoms with E-state index in [1.807, 2.05) is 0 Å². The fourth-order valence-electron chi connectivity index (χ4n) is 8.63. The number of aliphatic carboxylic acids is 1. The standard InChI is InChI=1S/C34H68O2.C21H44/c1-2-3-4-5-6-7-8-9-10-11-12-13-14-15-16-17-18-19-20-21-22-23-24-25-26-27-28-29-30-31-32-33-34(35)36;1-3-5-7-9-11-13-15-17-19-21-20-18-16-14-12-10-8-6-4-2/h2-33H2,1H3,(H,35,36);3-21H2,1-2H3. The van der Waals surface area contributed by atoms with Crippen LogP contribution in [0.15, 0.2) is 0 Å². The van der Waals surface area contributed by atoms with Crippen molar-refractivity contribution in [2.75, 3.05) is 0 Å². The molecule has 0 spiro atoms. The van der Waals surface area contributed by atoms with Gasteiger partial charge in [0.2, 0.25) is 0 Å². The maximum Gasteiger partial charge on any atom is 0.303 e. The van der Waals surface area contributed by atoms with Gasteiger partial charge >= 0.3 is 5.97 Å². The summed E-state index contributed by atoms with van der Waals surface area (Å²) in [6.45, 7) is 6.90. The molecular weight excluding hydrogens is 693 g/mol. The second-order valence-corrected chi connectivity index (χ2v) is 18.8. The Morgan fingerprint density at radius 2 is 0.316 bits per heavy atom. The molecule has 0 aliphatic heterocycles. The molecule has 0 aliphatic rings. The molecule has 0 radical (unpaired) electrons. The van der Waals surface area contributed by atoms with Crippen LogP contribution >= 0.6 is 0 Å². The molecule has 0 aliphatic carbocycles. The summed E-state index contributed by atoms with van der Waals surface area (Å²) >= 11 is 0. The maximum atomic E-state index is 10.5. The van der Waals surface area contributed by atoms with Crippen molar-refractivity contribution < 1.29 is 9.90 Å². The quantitative estimate of drug-likeness (QED) is 0.0622. The van der Waals surface area contributed by atoms with Crippen LogP contribution in [0.25, 0.3) is 0 Å². The second kappa shape index (κ2) is 57.6. The molecule has 0 saturated carbocycles. The summed E-state index contributed by atoms with van der Waals surface area (Å²) in [4.78, 5) is 10.5. The number of carboxylic acid groups (broad SMARTS) is 1.